The van der Waals surface area contributed by atoms with Gasteiger partial charge in [0.15, 0.2) is 23.3 Å². The molecule has 0 saturated heterocycles. The molecule has 2 aromatic heterocycles. The number of rotatable bonds is 5. The second-order valence-corrected chi connectivity index (χ2v) is 10.2. The molecule has 8 heteroatoms. The predicted octanol–water partition coefficient (Wildman–Crippen LogP) is 6.75. The molecule has 0 amide bonds. The number of benzene rings is 2. The van der Waals surface area contributed by atoms with Gasteiger partial charge in [0, 0.05) is 33.4 Å². The summed E-state index contributed by atoms with van der Waals surface area (Å²) in [4.78, 5) is 36.7. The highest BCUT2D eigenvalue weighted by Gasteiger charge is 2.21. The van der Waals surface area contributed by atoms with E-state index in [1.54, 1.807) is 18.2 Å². The summed E-state index contributed by atoms with van der Waals surface area (Å²) in [5.41, 5.74) is 8.45. The molecule has 44 heavy (non-hydrogen) atoms. The molecule has 8 nitrogen and oxygen atoms in total. The second kappa shape index (κ2) is 12.2. The maximum absolute atomic E-state index is 5.05. The molecule has 4 aromatic rings. The summed E-state index contributed by atoms with van der Waals surface area (Å²) in [5, 5.41) is 0. The highest BCUT2D eigenvalue weighted by atomic mass is 15.0. The average Bonchev–Trinajstić information content (AvgIpc) is 3.67. The fourth-order valence-electron chi connectivity index (χ4n) is 5.13. The van der Waals surface area contributed by atoms with Crippen molar-refractivity contribution in [3.63, 3.8) is 0 Å². The van der Waals surface area contributed by atoms with Crippen molar-refractivity contribution in [3.05, 3.63) is 108 Å². The van der Waals surface area contributed by atoms with Crippen LogP contribution in [0.2, 0.25) is 0 Å². The molecule has 0 spiro atoms. The molecule has 6 bridgehead atoms. The zero-order chi connectivity index (χ0) is 30.6. The second-order valence-electron chi connectivity index (χ2n) is 10.2. The molecular weight excluding hydrogens is 544 g/mol. The van der Waals surface area contributed by atoms with Crippen molar-refractivity contribution in [2.24, 2.45) is 0 Å². The normalized spacial score (nSPS) is 13.0. The Bertz CT molecular complexity index is 2180. The maximum atomic E-state index is 5.05. The number of aromatic nitrogens is 8. The monoisotopic (exact) mass is 576 g/mol. The molecule has 0 radical (unpaired) electrons. The van der Waals surface area contributed by atoms with Crippen LogP contribution in [-0.4, -0.2) is 39.9 Å². The number of fused-ring (bicyclic) bond motifs is 12. The third kappa shape index (κ3) is 5.29. The minimum Gasteiger partial charge on any atom is -0.325 e. The van der Waals surface area contributed by atoms with Gasteiger partial charge >= 0.3 is 0 Å². The van der Waals surface area contributed by atoms with Crippen molar-refractivity contribution in [2.45, 2.75) is 27.2 Å². The Morgan fingerprint density at radius 1 is 0.727 bits per heavy atom. The summed E-state index contributed by atoms with van der Waals surface area (Å²) in [6.07, 6.45) is 14.2. The SMILES string of the molecule is C=C/C=c1\nc2nc(nc3[nH]c(nc4nc(n/c(=C(C)\C=C/C)[nH]1)-c1ccccc1-4)c(/C=C\CC)c3C=C)-c1ccccc1-2. The minimum absolute atomic E-state index is 0.520. The standard InChI is InChI=1S/C36H32N8/c1-6-10-17-24-23(9-4)31-40-33(24)43-36-28-21-14-13-20-27(28)34(44-36)39-30(22(5)15-7-2)37-29(16-8-3)38-32-25-18-11-12-19-26(25)35(41-31)42-32/h7-21,37H,3-4,6H2,1-2,5H3,(H,38,39,40,41,42,43,44)/b15-7-,17-10-,29-16-,30-22-. The van der Waals surface area contributed by atoms with E-state index in [0.29, 0.717) is 45.6 Å². The Hall–Kier alpha value is -5.76. The Kier molecular flexibility index (Phi) is 7.88. The molecule has 2 aromatic carbocycles. The van der Waals surface area contributed by atoms with E-state index in [0.717, 1.165) is 45.4 Å². The van der Waals surface area contributed by atoms with Gasteiger partial charge in [0.1, 0.15) is 22.3 Å². The number of nitrogens with zero attached hydrogens (tertiary/aromatic N) is 6. The van der Waals surface area contributed by atoms with Crippen LogP contribution in [0, 0.1) is 0 Å². The maximum Gasteiger partial charge on any atom is 0.164 e. The average molecular weight is 577 g/mol. The van der Waals surface area contributed by atoms with Gasteiger partial charge < -0.3 is 9.97 Å². The topological polar surface area (TPSA) is 109 Å². The minimum atomic E-state index is 0.520. The quantitative estimate of drug-likeness (QED) is 0.235. The van der Waals surface area contributed by atoms with Crippen LogP contribution in [0.25, 0.3) is 80.6 Å². The van der Waals surface area contributed by atoms with Crippen LogP contribution < -0.4 is 11.0 Å². The fourth-order valence-corrected chi connectivity index (χ4v) is 5.13. The van der Waals surface area contributed by atoms with E-state index in [1.807, 2.05) is 80.6 Å². The lowest BCUT2D eigenvalue weighted by atomic mass is 10.1. The molecule has 0 fully saturated rings. The van der Waals surface area contributed by atoms with Crippen molar-refractivity contribution in [2.75, 3.05) is 0 Å². The molecule has 0 aliphatic carbocycles. The van der Waals surface area contributed by atoms with Crippen LogP contribution in [0.1, 0.15) is 38.3 Å². The van der Waals surface area contributed by atoms with Gasteiger partial charge in [-0.1, -0.05) is 105 Å². The molecule has 0 saturated carbocycles. The van der Waals surface area contributed by atoms with Crippen LogP contribution in [-0.2, 0) is 0 Å². The first-order valence-electron chi connectivity index (χ1n) is 14.5. The van der Waals surface area contributed by atoms with Gasteiger partial charge in [-0.3, -0.25) is 0 Å². The van der Waals surface area contributed by atoms with Crippen molar-refractivity contribution in [3.8, 4) is 45.6 Å². The smallest absolute Gasteiger partial charge is 0.164 e. The first-order chi connectivity index (χ1) is 21.5. The number of allylic oxidation sites excluding steroid dienone is 4. The van der Waals surface area contributed by atoms with Crippen molar-refractivity contribution < 1.29 is 0 Å². The zero-order valence-electron chi connectivity index (χ0n) is 25.0. The predicted molar refractivity (Wildman–Crippen MR) is 180 cm³/mol. The lowest BCUT2D eigenvalue weighted by Gasteiger charge is -1.97. The first kappa shape index (κ1) is 28.4. The number of nitrogens with one attached hydrogen (secondary N) is 2. The van der Waals surface area contributed by atoms with E-state index in [2.05, 4.69) is 36.1 Å². The van der Waals surface area contributed by atoms with Gasteiger partial charge in [-0.2, -0.15) is 0 Å². The zero-order valence-corrected chi connectivity index (χ0v) is 25.0. The lowest BCUT2D eigenvalue weighted by molar-refractivity contribution is 1.01. The van der Waals surface area contributed by atoms with E-state index >= 15 is 0 Å². The fraction of sp³-hybridized carbons (Fsp3) is 0.111. The van der Waals surface area contributed by atoms with Gasteiger partial charge in [0.05, 0.1) is 0 Å². The molecule has 216 valence electrons. The Balaban J connectivity index is 1.88. The summed E-state index contributed by atoms with van der Waals surface area (Å²) in [6, 6.07) is 15.9. The summed E-state index contributed by atoms with van der Waals surface area (Å²) in [7, 11) is 0. The highest BCUT2D eigenvalue weighted by Crippen LogP contribution is 2.34. The largest absolute Gasteiger partial charge is 0.325 e. The number of H-pyrrole nitrogens is 2. The molecular formula is C36H32N8. The number of hydrogen-bond acceptors (Lipinski definition) is 6. The Labute approximate surface area is 255 Å². The van der Waals surface area contributed by atoms with Gasteiger partial charge in [0.2, 0.25) is 0 Å². The first-order valence-corrected chi connectivity index (χ1v) is 14.5. The van der Waals surface area contributed by atoms with Crippen molar-refractivity contribution in [1.82, 2.24) is 39.9 Å². The van der Waals surface area contributed by atoms with E-state index < -0.39 is 0 Å². The Morgan fingerprint density at radius 2 is 1.27 bits per heavy atom. The van der Waals surface area contributed by atoms with E-state index in [-0.39, 0.29) is 0 Å². The molecule has 0 unspecified atom stereocenters. The molecule has 2 aliphatic heterocycles. The van der Waals surface area contributed by atoms with Gasteiger partial charge in [0.25, 0.3) is 0 Å². The molecule has 4 heterocycles. The van der Waals surface area contributed by atoms with Gasteiger partial charge in [-0.05, 0) is 31.9 Å². The van der Waals surface area contributed by atoms with Gasteiger partial charge in [-0.25, -0.2) is 29.9 Å². The van der Waals surface area contributed by atoms with Crippen LogP contribution >= 0.6 is 0 Å². The van der Waals surface area contributed by atoms with Crippen molar-refractivity contribution in [1.29, 1.82) is 0 Å². The van der Waals surface area contributed by atoms with E-state index in [9.17, 15) is 0 Å². The van der Waals surface area contributed by atoms with E-state index in [1.165, 1.54) is 0 Å². The molecule has 0 atom stereocenters. The van der Waals surface area contributed by atoms with Crippen LogP contribution in [0.3, 0.4) is 0 Å². The third-order valence-corrected chi connectivity index (χ3v) is 7.19. The van der Waals surface area contributed by atoms with Crippen molar-refractivity contribution >= 4 is 35.1 Å². The van der Waals surface area contributed by atoms with Gasteiger partial charge in [-0.15, -0.1) is 0 Å². The summed E-state index contributed by atoms with van der Waals surface area (Å²) in [6.45, 7) is 14.1. The van der Waals surface area contributed by atoms with E-state index in [4.69, 9.17) is 29.9 Å². The lowest BCUT2D eigenvalue weighted by Crippen LogP contribution is -2.24. The third-order valence-electron chi connectivity index (χ3n) is 7.19. The summed E-state index contributed by atoms with van der Waals surface area (Å²) >= 11 is 0. The number of aromatic amines is 2. The summed E-state index contributed by atoms with van der Waals surface area (Å²) < 4.78 is 0. The molecule has 6 rings (SSSR count). The molecule has 2 aliphatic rings. The summed E-state index contributed by atoms with van der Waals surface area (Å²) in [5.74, 6) is 2.16. The highest BCUT2D eigenvalue weighted by molar-refractivity contribution is 5.88. The number of hydrogen-bond donors (Lipinski definition) is 2. The van der Waals surface area contributed by atoms with Crippen LogP contribution in [0.4, 0.5) is 0 Å². The Morgan fingerprint density at radius 3 is 1.80 bits per heavy atom. The van der Waals surface area contributed by atoms with Crippen LogP contribution in [0.5, 0.6) is 0 Å². The molecule has 2 N–H and O–H groups in total. The van der Waals surface area contributed by atoms with Crippen LogP contribution in [0.15, 0.2) is 86.0 Å².